The Morgan fingerprint density at radius 3 is 2.67 bits per heavy atom. The highest BCUT2D eigenvalue weighted by atomic mass is 16.3. The number of furan rings is 1. The molecule has 0 spiro atoms. The summed E-state index contributed by atoms with van der Waals surface area (Å²) in [6, 6.07) is 10.2. The van der Waals surface area contributed by atoms with E-state index in [1.54, 1.807) is 36.4 Å². The van der Waals surface area contributed by atoms with E-state index in [1.165, 1.54) is 11.2 Å². The lowest BCUT2D eigenvalue weighted by atomic mass is 10.2. The Kier molecular flexibility index (Phi) is 3.64. The molecule has 1 heterocycles. The van der Waals surface area contributed by atoms with Crippen molar-refractivity contribution in [2.24, 2.45) is 0 Å². The smallest absolute Gasteiger partial charge is 0.294 e. The Hall–Kier alpha value is -2.27. The second-order valence-electron chi connectivity index (χ2n) is 3.72. The number of nitrogens with two attached hydrogens (primary N) is 1. The van der Waals surface area contributed by atoms with Gasteiger partial charge in [-0.15, -0.1) is 0 Å². The minimum absolute atomic E-state index is 0.152. The Balaban J connectivity index is 2.34. The van der Waals surface area contributed by atoms with Crippen molar-refractivity contribution in [1.82, 2.24) is 0 Å². The van der Waals surface area contributed by atoms with Gasteiger partial charge in [0.15, 0.2) is 5.76 Å². The fourth-order valence-corrected chi connectivity index (χ4v) is 1.70. The molecule has 2 aromatic rings. The van der Waals surface area contributed by atoms with Gasteiger partial charge in [0.1, 0.15) is 0 Å². The molecule has 0 aliphatic heterocycles. The Labute approximate surface area is 104 Å². The number of carbonyl (C=O) groups excluding carboxylic acids is 1. The number of nitrogens with zero attached hydrogens (tertiary/aromatic N) is 1. The summed E-state index contributed by atoms with van der Waals surface area (Å²) in [7, 11) is 0. The number of rotatable bonds is 4. The minimum Gasteiger partial charge on any atom is -0.459 e. The lowest BCUT2D eigenvalue weighted by molar-refractivity contribution is 0.0954. The molecule has 3 N–H and O–H groups in total. The van der Waals surface area contributed by atoms with Crippen molar-refractivity contribution in [2.75, 3.05) is 23.8 Å². The van der Waals surface area contributed by atoms with Gasteiger partial charge >= 0.3 is 0 Å². The molecule has 2 rings (SSSR count). The summed E-state index contributed by atoms with van der Waals surface area (Å²) in [6.07, 6.45) is 1.43. The molecule has 94 valence electrons. The average Bonchev–Trinajstić information content (AvgIpc) is 2.90. The van der Waals surface area contributed by atoms with Crippen LogP contribution in [-0.2, 0) is 0 Å². The van der Waals surface area contributed by atoms with E-state index in [2.05, 4.69) is 0 Å². The fourth-order valence-electron chi connectivity index (χ4n) is 1.70. The van der Waals surface area contributed by atoms with Crippen LogP contribution in [0.1, 0.15) is 10.6 Å². The van der Waals surface area contributed by atoms with Gasteiger partial charge in [0.05, 0.1) is 24.2 Å². The largest absolute Gasteiger partial charge is 0.459 e. The van der Waals surface area contributed by atoms with Gasteiger partial charge < -0.3 is 20.2 Å². The van der Waals surface area contributed by atoms with Crippen molar-refractivity contribution in [3.05, 3.63) is 48.4 Å². The monoisotopic (exact) mass is 246 g/mol. The molecule has 0 bridgehead atoms. The van der Waals surface area contributed by atoms with Gasteiger partial charge in [0.25, 0.3) is 5.91 Å². The van der Waals surface area contributed by atoms with Crippen LogP contribution >= 0.6 is 0 Å². The molecule has 5 nitrogen and oxygen atoms in total. The predicted octanol–water partition coefficient (Wildman–Crippen LogP) is 1.50. The number of para-hydroxylation sites is 2. The van der Waals surface area contributed by atoms with Crippen LogP contribution in [0.3, 0.4) is 0 Å². The molecule has 0 saturated carbocycles. The van der Waals surface area contributed by atoms with E-state index in [4.69, 9.17) is 15.3 Å². The van der Waals surface area contributed by atoms with Crippen LogP contribution in [0.4, 0.5) is 11.4 Å². The molecule has 0 fully saturated rings. The Bertz CT molecular complexity index is 523. The van der Waals surface area contributed by atoms with Gasteiger partial charge in [-0.2, -0.15) is 0 Å². The maximum Gasteiger partial charge on any atom is 0.294 e. The molecule has 0 aliphatic rings. The number of hydrogen-bond donors (Lipinski definition) is 2. The van der Waals surface area contributed by atoms with Gasteiger partial charge in [-0.05, 0) is 24.3 Å². The lowest BCUT2D eigenvalue weighted by Crippen LogP contribution is -2.33. The number of amides is 1. The number of aliphatic hydroxyl groups is 1. The summed E-state index contributed by atoms with van der Waals surface area (Å²) in [5.41, 5.74) is 6.88. The second-order valence-corrected chi connectivity index (χ2v) is 3.72. The van der Waals surface area contributed by atoms with Gasteiger partial charge in [0, 0.05) is 6.54 Å². The van der Waals surface area contributed by atoms with Crippen LogP contribution in [0.5, 0.6) is 0 Å². The molecule has 1 aromatic carbocycles. The Morgan fingerprint density at radius 2 is 2.06 bits per heavy atom. The number of nitrogen functional groups attached to an aromatic ring is 1. The molecule has 0 aliphatic carbocycles. The molecule has 1 amide bonds. The van der Waals surface area contributed by atoms with E-state index in [0.29, 0.717) is 11.4 Å². The maximum atomic E-state index is 12.2. The highest BCUT2D eigenvalue weighted by Gasteiger charge is 2.20. The van der Waals surface area contributed by atoms with Crippen molar-refractivity contribution in [2.45, 2.75) is 0 Å². The zero-order valence-corrected chi connectivity index (χ0v) is 9.74. The van der Waals surface area contributed by atoms with Gasteiger partial charge in [0.2, 0.25) is 0 Å². The number of anilines is 2. The third kappa shape index (κ3) is 2.36. The summed E-state index contributed by atoms with van der Waals surface area (Å²) in [5.74, 6) is -0.112. The minimum atomic E-state index is -0.327. The van der Waals surface area contributed by atoms with Gasteiger partial charge in [-0.3, -0.25) is 4.79 Å². The van der Waals surface area contributed by atoms with Crippen LogP contribution in [0.15, 0.2) is 47.1 Å². The van der Waals surface area contributed by atoms with E-state index < -0.39 is 0 Å². The first kappa shape index (κ1) is 12.2. The number of benzene rings is 1. The molecule has 1 aromatic heterocycles. The molecular formula is C13H14N2O3. The highest BCUT2D eigenvalue weighted by Crippen LogP contribution is 2.24. The summed E-state index contributed by atoms with van der Waals surface area (Å²) in [4.78, 5) is 13.6. The molecule has 0 saturated heterocycles. The fraction of sp³-hybridized carbons (Fsp3) is 0.154. The normalized spacial score (nSPS) is 10.3. The highest BCUT2D eigenvalue weighted by molar-refractivity contribution is 6.05. The second kappa shape index (κ2) is 5.37. The van der Waals surface area contributed by atoms with E-state index in [0.717, 1.165) is 0 Å². The van der Waals surface area contributed by atoms with Crippen LogP contribution in [0.2, 0.25) is 0 Å². The topological polar surface area (TPSA) is 79.7 Å². The van der Waals surface area contributed by atoms with Crippen molar-refractivity contribution >= 4 is 17.3 Å². The third-order valence-corrected chi connectivity index (χ3v) is 2.53. The molecule has 18 heavy (non-hydrogen) atoms. The van der Waals surface area contributed by atoms with Crippen LogP contribution in [0, 0.1) is 0 Å². The summed E-state index contributed by atoms with van der Waals surface area (Å²) >= 11 is 0. The van der Waals surface area contributed by atoms with E-state index in [-0.39, 0.29) is 24.8 Å². The summed E-state index contributed by atoms with van der Waals surface area (Å²) in [5, 5.41) is 9.07. The molecule has 0 unspecified atom stereocenters. The summed E-state index contributed by atoms with van der Waals surface area (Å²) in [6.45, 7) is 0.00846. The zero-order chi connectivity index (χ0) is 13.0. The zero-order valence-electron chi connectivity index (χ0n) is 9.74. The number of hydrogen-bond acceptors (Lipinski definition) is 4. The van der Waals surface area contributed by atoms with Crippen molar-refractivity contribution in [3.63, 3.8) is 0 Å². The maximum absolute atomic E-state index is 12.2. The summed E-state index contributed by atoms with van der Waals surface area (Å²) < 4.78 is 5.07. The predicted molar refractivity (Wildman–Crippen MR) is 68.3 cm³/mol. The van der Waals surface area contributed by atoms with Crippen molar-refractivity contribution in [1.29, 1.82) is 0 Å². The first-order valence-corrected chi connectivity index (χ1v) is 5.54. The van der Waals surface area contributed by atoms with E-state index >= 15 is 0 Å². The number of aliphatic hydroxyl groups excluding tert-OH is 1. The van der Waals surface area contributed by atoms with Crippen molar-refractivity contribution < 1.29 is 14.3 Å². The van der Waals surface area contributed by atoms with Crippen LogP contribution in [0.25, 0.3) is 0 Å². The standard InChI is InChI=1S/C13H14N2O3/c14-10-4-1-2-5-11(10)15(7-8-16)13(17)12-6-3-9-18-12/h1-6,9,16H,7-8,14H2. The van der Waals surface area contributed by atoms with Gasteiger partial charge in [-0.25, -0.2) is 0 Å². The van der Waals surface area contributed by atoms with E-state index in [1.807, 2.05) is 0 Å². The van der Waals surface area contributed by atoms with E-state index in [9.17, 15) is 4.79 Å². The van der Waals surface area contributed by atoms with Crippen molar-refractivity contribution in [3.8, 4) is 0 Å². The SMILES string of the molecule is Nc1ccccc1N(CCO)C(=O)c1ccco1. The average molecular weight is 246 g/mol. The molecule has 5 heteroatoms. The van der Waals surface area contributed by atoms with Crippen LogP contribution < -0.4 is 10.6 Å². The third-order valence-electron chi connectivity index (χ3n) is 2.53. The van der Waals surface area contributed by atoms with Gasteiger partial charge in [-0.1, -0.05) is 12.1 Å². The quantitative estimate of drug-likeness (QED) is 0.801. The molecule has 0 atom stereocenters. The number of carbonyl (C=O) groups is 1. The molecule has 0 radical (unpaired) electrons. The molecular weight excluding hydrogens is 232 g/mol. The lowest BCUT2D eigenvalue weighted by Gasteiger charge is -2.22. The Morgan fingerprint density at radius 1 is 1.28 bits per heavy atom. The first-order chi connectivity index (χ1) is 8.74. The van der Waals surface area contributed by atoms with Crippen LogP contribution in [-0.4, -0.2) is 24.2 Å². The first-order valence-electron chi connectivity index (χ1n) is 5.54.